The number of rotatable bonds is 14. The molecule has 0 saturated heterocycles. The number of carbonyl (C=O) groups excluding carboxylic acids is 1. The molecule has 3 N–H and O–H groups in total. The molecule has 0 bridgehead atoms. The lowest BCUT2D eigenvalue weighted by Gasteiger charge is -2.38. The van der Waals surface area contributed by atoms with E-state index in [4.69, 9.17) is 18.9 Å². The maximum absolute atomic E-state index is 14.0. The highest BCUT2D eigenvalue weighted by molar-refractivity contribution is 5.89. The van der Waals surface area contributed by atoms with Gasteiger partial charge in [-0.15, -0.1) is 0 Å². The van der Waals surface area contributed by atoms with Crippen molar-refractivity contribution in [3.8, 4) is 11.5 Å². The van der Waals surface area contributed by atoms with E-state index < -0.39 is 130 Å². The molecule has 0 heterocycles. The van der Waals surface area contributed by atoms with Crippen molar-refractivity contribution in [2.24, 2.45) is 0 Å². The third-order valence-corrected chi connectivity index (χ3v) is 8.73. The predicted molar refractivity (Wildman–Crippen MR) is 179 cm³/mol. The summed E-state index contributed by atoms with van der Waals surface area (Å²) in [4.78, 5) is 11.7. The van der Waals surface area contributed by atoms with Crippen LogP contribution in [0.3, 0.4) is 0 Å². The fourth-order valence-electron chi connectivity index (χ4n) is 5.02. The number of esters is 1. The summed E-state index contributed by atoms with van der Waals surface area (Å²) in [6, 6.07) is -0.175. The lowest BCUT2D eigenvalue weighted by Crippen LogP contribution is -2.57. The summed E-state index contributed by atoms with van der Waals surface area (Å²) in [6.07, 6.45) is -46.1. The summed E-state index contributed by atoms with van der Waals surface area (Å²) in [6.45, 7) is 7.11. The molecule has 0 spiro atoms. The fourth-order valence-corrected chi connectivity index (χ4v) is 5.02. The Morgan fingerprint density at radius 2 is 0.818 bits per heavy atom. The molecule has 0 saturated carbocycles. The molecule has 66 heavy (non-hydrogen) atoms. The molecular formula is C36H35F21O9. The Balaban J connectivity index is 0.000000680. The maximum Gasteiger partial charge on any atom is 0.442 e. The summed E-state index contributed by atoms with van der Waals surface area (Å²) < 4.78 is 303. The van der Waals surface area contributed by atoms with Crippen molar-refractivity contribution in [2.75, 3.05) is 13.2 Å². The normalized spacial score (nSPS) is 16.5. The molecule has 0 fully saturated rings. The molecule has 4 unspecified atom stereocenters. The van der Waals surface area contributed by atoms with Crippen LogP contribution in [0.25, 0.3) is 0 Å². The summed E-state index contributed by atoms with van der Waals surface area (Å²) in [5.74, 6) is -5.32. The maximum atomic E-state index is 14.0. The molecule has 2 aromatic carbocycles. The first-order valence-corrected chi connectivity index (χ1v) is 17.6. The molecule has 0 amide bonds. The molecule has 4 atom stereocenters. The average molecular weight is 1010 g/mol. The number of alkyl halides is 21. The number of benzene rings is 2. The Morgan fingerprint density at radius 3 is 1.09 bits per heavy atom. The van der Waals surface area contributed by atoms with Crippen molar-refractivity contribution in [3.05, 3.63) is 70.8 Å². The molecule has 30 heteroatoms. The van der Waals surface area contributed by atoms with E-state index >= 15 is 0 Å². The largest absolute Gasteiger partial charge is 0.465 e. The first-order chi connectivity index (χ1) is 29.1. The van der Waals surface area contributed by atoms with E-state index in [2.05, 4.69) is 11.3 Å². The van der Waals surface area contributed by atoms with Gasteiger partial charge in [0.15, 0.2) is 23.8 Å². The van der Waals surface area contributed by atoms with Crippen LogP contribution in [-0.4, -0.2) is 90.3 Å². The number of halogens is 21. The highest BCUT2D eigenvalue weighted by Crippen LogP contribution is 2.56. The summed E-state index contributed by atoms with van der Waals surface area (Å²) in [7, 11) is 0. The van der Waals surface area contributed by atoms with E-state index in [9.17, 15) is 112 Å². The number of hydrogen-bond acceptors (Lipinski definition) is 9. The van der Waals surface area contributed by atoms with E-state index in [0.29, 0.717) is 6.07 Å². The first kappa shape index (κ1) is 59.6. The third kappa shape index (κ3) is 12.8. The van der Waals surface area contributed by atoms with Crippen LogP contribution in [0.5, 0.6) is 11.5 Å². The zero-order chi connectivity index (χ0) is 52.5. The van der Waals surface area contributed by atoms with Crippen LogP contribution in [0, 0.1) is 0 Å². The zero-order valence-electron chi connectivity index (χ0n) is 34.0. The fraction of sp³-hybridized carbons (Fsp3) is 0.583. The van der Waals surface area contributed by atoms with Crippen molar-refractivity contribution >= 4 is 5.97 Å². The van der Waals surface area contributed by atoms with Crippen LogP contribution < -0.4 is 9.47 Å². The number of aliphatic hydroxyl groups is 3. The lowest BCUT2D eigenvalue weighted by molar-refractivity contribution is -0.377. The minimum atomic E-state index is -6.81. The topological polar surface area (TPSA) is 124 Å². The van der Waals surface area contributed by atoms with Crippen LogP contribution in [0.2, 0.25) is 0 Å². The third-order valence-electron chi connectivity index (χ3n) is 8.73. The van der Waals surface area contributed by atoms with Gasteiger partial charge in [-0.2, -0.15) is 92.2 Å². The van der Waals surface area contributed by atoms with Gasteiger partial charge in [-0.3, -0.25) is 0 Å². The van der Waals surface area contributed by atoms with Crippen molar-refractivity contribution in [1.29, 1.82) is 0 Å². The van der Waals surface area contributed by atoms with E-state index in [-0.39, 0.29) is 51.3 Å². The van der Waals surface area contributed by atoms with Gasteiger partial charge in [0.2, 0.25) is 0 Å². The quantitative estimate of drug-likeness (QED) is 0.0735. The molecule has 9 nitrogen and oxygen atoms in total. The number of carbonyl (C=O) groups is 1. The molecule has 0 aliphatic heterocycles. The Hall–Kier alpha value is -4.42. The van der Waals surface area contributed by atoms with Gasteiger partial charge in [-0.25, -0.2) is 4.79 Å². The van der Waals surface area contributed by atoms with Gasteiger partial charge in [0.05, 0.1) is 0 Å². The zero-order valence-corrected chi connectivity index (χ0v) is 34.0. The standard InChI is InChI=1S/C20H18F12O5.C16H17F9O4/c1-5-35-10(3)36-13-7-11(15(4,34)18(24,25)26)6-12(8-13)16(19(27,28)29,20(30,31)32)37-14(33)9(2)17(21,22)23;1-4-28-8(2)29-11-6-9(12(3,26)14(17,18)19)5-10(7-11)13(27,15(20,21)22)16(23,24)25/h6-8,10,34H,2,5H2,1,3-4H3;5-8,26-27H,4H2,1-3H3. The van der Waals surface area contributed by atoms with E-state index in [1.807, 2.05) is 0 Å². The lowest BCUT2D eigenvalue weighted by atomic mass is 9.86. The van der Waals surface area contributed by atoms with Crippen LogP contribution in [0.1, 0.15) is 63.8 Å². The Labute approximate surface area is 357 Å². The summed E-state index contributed by atoms with van der Waals surface area (Å²) >= 11 is 0. The smallest absolute Gasteiger partial charge is 0.442 e. The molecule has 0 aromatic heterocycles. The van der Waals surface area contributed by atoms with Gasteiger partial charge in [0.25, 0.3) is 5.60 Å². The van der Waals surface area contributed by atoms with Crippen molar-refractivity contribution in [2.45, 2.75) is 120 Å². The van der Waals surface area contributed by atoms with Crippen LogP contribution >= 0.6 is 0 Å². The van der Waals surface area contributed by atoms with Crippen molar-refractivity contribution < 1.29 is 136 Å². The minimum absolute atomic E-state index is 0.00300. The first-order valence-electron chi connectivity index (χ1n) is 17.6. The highest BCUT2D eigenvalue weighted by Gasteiger charge is 2.76. The van der Waals surface area contributed by atoms with E-state index in [0.717, 1.165) is 6.92 Å². The molecule has 380 valence electrons. The summed E-state index contributed by atoms with van der Waals surface area (Å²) in [5, 5.41) is 29.1. The molecule has 2 aromatic rings. The monoisotopic (exact) mass is 1010 g/mol. The second-order valence-corrected chi connectivity index (χ2v) is 13.7. The Bertz CT molecular complexity index is 1950. The average Bonchev–Trinajstić information content (AvgIpc) is 3.09. The van der Waals surface area contributed by atoms with Crippen molar-refractivity contribution in [3.63, 3.8) is 0 Å². The van der Waals surface area contributed by atoms with Gasteiger partial charge in [0, 0.05) is 24.3 Å². The van der Waals surface area contributed by atoms with Gasteiger partial charge in [-0.05, 0) is 89.1 Å². The minimum Gasteiger partial charge on any atom is -0.465 e. The van der Waals surface area contributed by atoms with Crippen LogP contribution in [0.4, 0.5) is 92.2 Å². The molecule has 0 aliphatic carbocycles. The molecule has 2 rings (SSSR count). The SMILES string of the molecule is C=C(C(=O)OC(c1cc(OC(C)OCC)cc(C(C)(O)C(F)(F)F)c1)(C(F)(F)F)C(F)(F)F)C(F)(F)F.CCOC(C)Oc1cc(C(C)(O)C(F)(F)F)cc(C(O)(C(F)(F)F)C(F)(F)F)c1. The molecule has 0 radical (unpaired) electrons. The summed E-state index contributed by atoms with van der Waals surface area (Å²) in [5.41, 5.74) is -29.7. The Kier molecular flexibility index (Phi) is 17.8. The second kappa shape index (κ2) is 19.7. The van der Waals surface area contributed by atoms with E-state index in [1.165, 1.54) is 20.8 Å². The van der Waals surface area contributed by atoms with Gasteiger partial charge < -0.3 is 39.0 Å². The molecule has 0 aliphatic rings. The van der Waals surface area contributed by atoms with Gasteiger partial charge in [0.1, 0.15) is 17.1 Å². The second-order valence-electron chi connectivity index (χ2n) is 13.7. The van der Waals surface area contributed by atoms with Crippen LogP contribution in [-0.2, 0) is 41.4 Å². The van der Waals surface area contributed by atoms with Gasteiger partial charge in [-0.1, -0.05) is 6.58 Å². The van der Waals surface area contributed by atoms with Gasteiger partial charge >= 0.3 is 54.8 Å². The number of hydrogen-bond donors (Lipinski definition) is 3. The molecular weight excluding hydrogens is 975 g/mol. The number of ether oxygens (including phenoxy) is 5. The van der Waals surface area contributed by atoms with Crippen molar-refractivity contribution in [1.82, 2.24) is 0 Å². The Morgan fingerprint density at radius 1 is 0.515 bits per heavy atom. The van der Waals surface area contributed by atoms with E-state index in [1.54, 1.807) is 0 Å². The highest BCUT2D eigenvalue weighted by atomic mass is 19.4. The predicted octanol–water partition coefficient (Wildman–Crippen LogP) is 10.7. The van der Waals surface area contributed by atoms with Crippen LogP contribution in [0.15, 0.2) is 48.6 Å².